The molecular formula is C16H14ClFN2O3. The van der Waals surface area contributed by atoms with Crippen molar-refractivity contribution in [2.45, 2.75) is 13.0 Å². The van der Waals surface area contributed by atoms with Crippen LogP contribution in [0.15, 0.2) is 41.0 Å². The fourth-order valence-electron chi connectivity index (χ4n) is 2.52. The molecule has 2 amide bonds. The summed E-state index contributed by atoms with van der Waals surface area (Å²) in [5.74, 6) is -0.766. The Morgan fingerprint density at radius 1 is 1.43 bits per heavy atom. The van der Waals surface area contributed by atoms with Crippen molar-refractivity contribution in [3.05, 3.63) is 53.2 Å². The van der Waals surface area contributed by atoms with E-state index in [9.17, 15) is 14.0 Å². The first-order chi connectivity index (χ1) is 11.0. The molecule has 120 valence electrons. The molecule has 2 aromatic rings. The smallest absolute Gasteiger partial charge is 0.227 e. The topological polar surface area (TPSA) is 62.6 Å². The zero-order valence-electron chi connectivity index (χ0n) is 12.1. The number of carbonyl (C=O) groups excluding carboxylic acids is 2. The summed E-state index contributed by atoms with van der Waals surface area (Å²) in [5, 5.41) is 2.69. The molecule has 1 aromatic heterocycles. The summed E-state index contributed by atoms with van der Waals surface area (Å²) in [5.41, 5.74) is 0.489. The Kier molecular flexibility index (Phi) is 4.34. The van der Waals surface area contributed by atoms with E-state index in [0.29, 0.717) is 11.4 Å². The van der Waals surface area contributed by atoms with Crippen LogP contribution >= 0.6 is 11.6 Å². The minimum atomic E-state index is -0.546. The Bertz CT molecular complexity index is 733. The molecule has 1 saturated heterocycles. The van der Waals surface area contributed by atoms with Crippen molar-refractivity contribution < 1.29 is 18.4 Å². The number of halogens is 2. The lowest BCUT2D eigenvalue weighted by Crippen LogP contribution is -2.32. The molecule has 2 heterocycles. The lowest BCUT2D eigenvalue weighted by Gasteiger charge is -2.17. The molecule has 23 heavy (non-hydrogen) atoms. The van der Waals surface area contributed by atoms with E-state index in [0.717, 1.165) is 0 Å². The zero-order chi connectivity index (χ0) is 16.4. The summed E-state index contributed by atoms with van der Waals surface area (Å²) in [7, 11) is 0. The molecule has 0 spiro atoms. The van der Waals surface area contributed by atoms with Crippen LogP contribution in [0.4, 0.5) is 10.1 Å². The van der Waals surface area contributed by atoms with Gasteiger partial charge >= 0.3 is 0 Å². The number of carbonyl (C=O) groups is 2. The van der Waals surface area contributed by atoms with Crippen LogP contribution < -0.4 is 10.2 Å². The van der Waals surface area contributed by atoms with Crippen LogP contribution in [0.25, 0.3) is 0 Å². The molecule has 0 radical (unpaired) electrons. The zero-order valence-corrected chi connectivity index (χ0v) is 12.8. The molecule has 1 N–H and O–H groups in total. The highest BCUT2D eigenvalue weighted by Gasteiger charge is 2.35. The summed E-state index contributed by atoms with van der Waals surface area (Å²) in [6, 6.07) is 7.56. The van der Waals surface area contributed by atoms with E-state index in [1.165, 1.54) is 29.4 Å². The third-order valence-corrected chi connectivity index (χ3v) is 4.02. The van der Waals surface area contributed by atoms with E-state index in [4.69, 9.17) is 16.0 Å². The summed E-state index contributed by atoms with van der Waals surface area (Å²) in [4.78, 5) is 25.7. The number of rotatable bonds is 4. The van der Waals surface area contributed by atoms with E-state index in [2.05, 4.69) is 5.32 Å². The fourth-order valence-corrected chi connectivity index (χ4v) is 2.69. The van der Waals surface area contributed by atoms with Gasteiger partial charge in [-0.1, -0.05) is 11.6 Å². The molecule has 1 unspecified atom stereocenters. The second-order valence-corrected chi connectivity index (χ2v) is 5.71. The number of benzene rings is 1. The molecule has 5 nitrogen and oxygen atoms in total. The van der Waals surface area contributed by atoms with Gasteiger partial charge in [-0.15, -0.1) is 0 Å². The number of amides is 2. The van der Waals surface area contributed by atoms with Gasteiger partial charge in [0.15, 0.2) is 0 Å². The lowest BCUT2D eigenvalue weighted by molar-refractivity contribution is -0.126. The average molecular weight is 337 g/mol. The molecule has 3 rings (SSSR count). The molecule has 0 aliphatic carbocycles. The Labute approximate surface area is 137 Å². The van der Waals surface area contributed by atoms with Crippen molar-refractivity contribution in [2.24, 2.45) is 5.92 Å². The van der Waals surface area contributed by atoms with Gasteiger partial charge in [0, 0.05) is 18.7 Å². The maximum Gasteiger partial charge on any atom is 0.227 e. The van der Waals surface area contributed by atoms with Crippen molar-refractivity contribution in [2.75, 3.05) is 11.4 Å². The predicted molar refractivity (Wildman–Crippen MR) is 82.4 cm³/mol. The van der Waals surface area contributed by atoms with Crippen molar-refractivity contribution in [1.82, 2.24) is 5.32 Å². The van der Waals surface area contributed by atoms with E-state index < -0.39 is 11.7 Å². The van der Waals surface area contributed by atoms with E-state index in [1.54, 1.807) is 12.1 Å². The fraction of sp³-hybridized carbons (Fsp3) is 0.250. The SMILES string of the molecule is O=C(NCc1ccco1)C1CC(=O)N(c2ccc(F)c(Cl)c2)C1. The van der Waals surface area contributed by atoms with Crippen LogP contribution in [0, 0.1) is 11.7 Å². The molecule has 0 bridgehead atoms. The van der Waals surface area contributed by atoms with Crippen LogP contribution in [0.1, 0.15) is 12.2 Å². The standard InChI is InChI=1S/C16H14ClFN2O3/c17-13-7-11(3-4-14(13)18)20-9-10(6-15(20)21)16(22)19-8-12-2-1-5-23-12/h1-5,7,10H,6,8-9H2,(H,19,22). The Morgan fingerprint density at radius 3 is 2.96 bits per heavy atom. The summed E-state index contributed by atoms with van der Waals surface area (Å²) in [6.45, 7) is 0.518. The highest BCUT2D eigenvalue weighted by Crippen LogP contribution is 2.28. The number of nitrogens with one attached hydrogen (secondary N) is 1. The van der Waals surface area contributed by atoms with E-state index in [-0.39, 0.29) is 36.3 Å². The first kappa shape index (κ1) is 15.6. The van der Waals surface area contributed by atoms with Crippen LogP contribution in [-0.2, 0) is 16.1 Å². The van der Waals surface area contributed by atoms with Gasteiger partial charge in [0.05, 0.1) is 23.7 Å². The van der Waals surface area contributed by atoms with Gasteiger partial charge in [-0.25, -0.2) is 4.39 Å². The highest BCUT2D eigenvalue weighted by molar-refractivity contribution is 6.31. The van der Waals surface area contributed by atoms with Crippen molar-refractivity contribution in [1.29, 1.82) is 0 Å². The first-order valence-electron chi connectivity index (χ1n) is 7.10. The molecule has 1 atom stereocenters. The number of hydrogen-bond donors (Lipinski definition) is 1. The van der Waals surface area contributed by atoms with Gasteiger partial charge in [-0.05, 0) is 30.3 Å². The molecule has 1 aromatic carbocycles. The quantitative estimate of drug-likeness (QED) is 0.933. The van der Waals surface area contributed by atoms with Gasteiger partial charge in [-0.2, -0.15) is 0 Å². The predicted octanol–water partition coefficient (Wildman–Crippen LogP) is 2.74. The maximum atomic E-state index is 13.2. The van der Waals surface area contributed by atoms with Gasteiger partial charge in [0.1, 0.15) is 11.6 Å². The third kappa shape index (κ3) is 3.37. The van der Waals surface area contributed by atoms with Crippen molar-refractivity contribution in [3.8, 4) is 0 Å². The normalized spacial score (nSPS) is 17.6. The molecule has 0 saturated carbocycles. The van der Waals surface area contributed by atoms with E-state index in [1.807, 2.05) is 0 Å². The lowest BCUT2D eigenvalue weighted by atomic mass is 10.1. The molecule has 1 fully saturated rings. The maximum absolute atomic E-state index is 13.2. The van der Waals surface area contributed by atoms with Crippen LogP contribution in [0.3, 0.4) is 0 Å². The van der Waals surface area contributed by atoms with Crippen LogP contribution in [-0.4, -0.2) is 18.4 Å². The number of hydrogen-bond acceptors (Lipinski definition) is 3. The van der Waals surface area contributed by atoms with Crippen molar-refractivity contribution >= 4 is 29.1 Å². The van der Waals surface area contributed by atoms with Gasteiger partial charge in [0.25, 0.3) is 0 Å². The summed E-state index contributed by atoms with van der Waals surface area (Å²) < 4.78 is 18.4. The number of anilines is 1. The Balaban J connectivity index is 1.64. The monoisotopic (exact) mass is 336 g/mol. The van der Waals surface area contributed by atoms with Crippen molar-refractivity contribution in [3.63, 3.8) is 0 Å². The average Bonchev–Trinajstić information content (AvgIpc) is 3.17. The summed E-state index contributed by atoms with van der Waals surface area (Å²) >= 11 is 5.74. The largest absolute Gasteiger partial charge is 0.467 e. The number of furan rings is 1. The second kappa shape index (κ2) is 6.42. The molecule has 7 heteroatoms. The Morgan fingerprint density at radius 2 is 2.26 bits per heavy atom. The number of nitrogens with zero attached hydrogens (tertiary/aromatic N) is 1. The minimum absolute atomic E-state index is 0.0546. The van der Waals surface area contributed by atoms with E-state index >= 15 is 0 Å². The highest BCUT2D eigenvalue weighted by atomic mass is 35.5. The minimum Gasteiger partial charge on any atom is -0.467 e. The van der Waals surface area contributed by atoms with Crippen LogP contribution in [0.5, 0.6) is 0 Å². The summed E-state index contributed by atoms with van der Waals surface area (Å²) in [6.07, 6.45) is 1.64. The molecule has 1 aliphatic heterocycles. The van der Waals surface area contributed by atoms with Crippen LogP contribution in [0.2, 0.25) is 5.02 Å². The van der Waals surface area contributed by atoms with Gasteiger partial charge in [-0.3, -0.25) is 9.59 Å². The van der Waals surface area contributed by atoms with Gasteiger partial charge < -0.3 is 14.6 Å². The van der Waals surface area contributed by atoms with Gasteiger partial charge in [0.2, 0.25) is 11.8 Å². The Hall–Kier alpha value is -2.34. The molecular weight excluding hydrogens is 323 g/mol. The second-order valence-electron chi connectivity index (χ2n) is 5.30. The molecule has 1 aliphatic rings. The third-order valence-electron chi connectivity index (χ3n) is 3.73. The first-order valence-corrected chi connectivity index (χ1v) is 7.48.